The van der Waals surface area contributed by atoms with E-state index >= 15 is 0 Å². The second-order valence-corrected chi connectivity index (χ2v) is 11.2. The lowest BCUT2D eigenvalue weighted by Crippen LogP contribution is -2.50. The van der Waals surface area contributed by atoms with Crippen LogP contribution in [0.3, 0.4) is 0 Å². The minimum atomic E-state index is -3.89. The van der Waals surface area contributed by atoms with Gasteiger partial charge in [0.25, 0.3) is 0 Å². The summed E-state index contributed by atoms with van der Waals surface area (Å²) < 4.78 is 34.6. The predicted molar refractivity (Wildman–Crippen MR) is 127 cm³/mol. The second-order valence-electron chi connectivity index (χ2n) is 9.37. The summed E-state index contributed by atoms with van der Waals surface area (Å²) in [6.07, 6.45) is 4.06. The van der Waals surface area contributed by atoms with E-state index in [-0.39, 0.29) is 35.6 Å². The van der Waals surface area contributed by atoms with Crippen molar-refractivity contribution in [3.05, 3.63) is 23.8 Å². The van der Waals surface area contributed by atoms with Crippen LogP contribution >= 0.6 is 0 Å². The number of aliphatic hydroxyl groups excluding tert-OH is 1. The summed E-state index contributed by atoms with van der Waals surface area (Å²) in [6.45, 7) is 5.93. The lowest BCUT2D eigenvalue weighted by Gasteiger charge is -2.37. The van der Waals surface area contributed by atoms with Crippen LogP contribution in [0.4, 0.5) is 0 Å². The van der Waals surface area contributed by atoms with Crippen LogP contribution in [-0.4, -0.2) is 67.5 Å². The largest absolute Gasteiger partial charge is 0.487 e. The molecule has 1 heterocycles. The lowest BCUT2D eigenvalue weighted by atomic mass is 10.0. The van der Waals surface area contributed by atoms with Crippen LogP contribution in [0.2, 0.25) is 0 Å². The fourth-order valence-corrected chi connectivity index (χ4v) is 5.73. The number of carbonyl (C=O) groups excluding carboxylic acids is 1. The Morgan fingerprint density at radius 2 is 2.09 bits per heavy atom. The molecule has 3 rings (SSSR count). The summed E-state index contributed by atoms with van der Waals surface area (Å²) in [5, 5.41) is 9.75. The molecule has 1 aliphatic carbocycles. The van der Waals surface area contributed by atoms with Crippen LogP contribution in [0.5, 0.6) is 5.75 Å². The van der Waals surface area contributed by atoms with Crippen molar-refractivity contribution in [2.45, 2.75) is 69.9 Å². The number of amides is 1. The minimum absolute atomic E-state index is 0.0627. The summed E-state index contributed by atoms with van der Waals surface area (Å²) in [5.41, 5.74) is 0.685. The average Bonchev–Trinajstić information content (AvgIpc) is 3.59. The van der Waals surface area contributed by atoms with E-state index in [0.29, 0.717) is 24.4 Å². The average molecular weight is 477 g/mol. The van der Waals surface area contributed by atoms with Crippen LogP contribution in [0.15, 0.2) is 23.1 Å². The van der Waals surface area contributed by atoms with E-state index in [2.05, 4.69) is 18.8 Å². The number of nitrogens with zero attached hydrogens (tertiary/aromatic N) is 2. The van der Waals surface area contributed by atoms with Crippen molar-refractivity contribution in [3.63, 3.8) is 0 Å². The highest BCUT2D eigenvalue weighted by Crippen LogP contribution is 2.35. The number of carbonyl (C=O) groups is 1. The number of unbranched alkanes of at least 4 members (excludes halogenated alkanes) is 1. The molecule has 0 aromatic heterocycles. The van der Waals surface area contributed by atoms with Gasteiger partial charge in [0.15, 0.2) is 0 Å². The van der Waals surface area contributed by atoms with Crippen molar-refractivity contribution >= 4 is 15.9 Å². The lowest BCUT2D eigenvalue weighted by molar-refractivity contribution is -0.131. The Bertz CT molecular complexity index is 1010. The molecule has 182 valence electrons. The third kappa shape index (κ3) is 6.28. The molecular formula is C25H36N2O5S. The fourth-order valence-electron chi connectivity index (χ4n) is 3.91. The molecule has 33 heavy (non-hydrogen) atoms. The Balaban J connectivity index is 1.97. The SMILES string of the molecule is CCCC#Cc1ccc2c(c1)O[C@@H](CN(C)C(=O)CC1CC1)[C@@H](C)CN([C@@H](C)CO)S2(=O)=O. The molecule has 1 amide bonds. The molecule has 2 aliphatic rings. The number of hydrogen-bond donors (Lipinski definition) is 1. The molecule has 1 saturated carbocycles. The van der Waals surface area contributed by atoms with Gasteiger partial charge in [-0.2, -0.15) is 4.31 Å². The van der Waals surface area contributed by atoms with Gasteiger partial charge in [0.1, 0.15) is 16.7 Å². The Morgan fingerprint density at radius 3 is 2.73 bits per heavy atom. The van der Waals surface area contributed by atoms with Crippen molar-refractivity contribution in [3.8, 4) is 17.6 Å². The molecule has 3 atom stereocenters. The van der Waals surface area contributed by atoms with Crippen LogP contribution in [0.25, 0.3) is 0 Å². The number of aliphatic hydroxyl groups is 1. The molecule has 1 aromatic rings. The molecule has 1 N–H and O–H groups in total. The molecule has 0 bridgehead atoms. The van der Waals surface area contributed by atoms with Gasteiger partial charge < -0.3 is 14.7 Å². The van der Waals surface area contributed by atoms with Gasteiger partial charge in [-0.05, 0) is 50.3 Å². The first kappa shape index (κ1) is 25.5. The topological polar surface area (TPSA) is 87.2 Å². The van der Waals surface area contributed by atoms with Crippen LogP contribution in [0.1, 0.15) is 58.4 Å². The third-order valence-corrected chi connectivity index (χ3v) is 8.33. The molecule has 0 radical (unpaired) electrons. The quantitative estimate of drug-likeness (QED) is 0.612. The Morgan fingerprint density at radius 1 is 1.36 bits per heavy atom. The first-order valence-corrected chi connectivity index (χ1v) is 13.3. The predicted octanol–water partition coefficient (Wildman–Crippen LogP) is 2.87. The molecule has 7 nitrogen and oxygen atoms in total. The van der Waals surface area contributed by atoms with E-state index in [1.54, 1.807) is 31.0 Å². The molecule has 1 aromatic carbocycles. The standard InChI is InChI=1S/C25H36N2O5S/c1-5-6-7-8-20-11-12-24-22(13-20)32-23(16-26(4)25(29)14-21-9-10-21)18(2)15-27(19(3)17-28)33(24,30)31/h11-13,18-19,21,23,28H,5-6,9-10,14-17H2,1-4H3/t18-,19-,23-/m0/s1. The summed E-state index contributed by atoms with van der Waals surface area (Å²) >= 11 is 0. The Kier molecular flexibility index (Phi) is 8.43. The van der Waals surface area contributed by atoms with Crippen LogP contribution in [0, 0.1) is 23.7 Å². The maximum Gasteiger partial charge on any atom is 0.247 e. The van der Waals surface area contributed by atoms with Crippen molar-refractivity contribution in [2.75, 3.05) is 26.7 Å². The molecule has 0 saturated heterocycles. The van der Waals surface area contributed by atoms with Crippen molar-refractivity contribution < 1.29 is 23.1 Å². The first-order valence-electron chi connectivity index (χ1n) is 11.8. The van der Waals surface area contributed by atoms with Crippen molar-refractivity contribution in [1.29, 1.82) is 0 Å². The number of likely N-dealkylation sites (N-methyl/N-ethyl adjacent to an activating group) is 1. The monoisotopic (exact) mass is 476 g/mol. The summed E-state index contributed by atoms with van der Waals surface area (Å²) in [4.78, 5) is 14.4. The minimum Gasteiger partial charge on any atom is -0.487 e. The van der Waals surface area contributed by atoms with E-state index in [1.807, 2.05) is 6.92 Å². The van der Waals surface area contributed by atoms with Gasteiger partial charge in [0.2, 0.25) is 15.9 Å². The molecule has 1 aliphatic heterocycles. The number of rotatable bonds is 7. The summed E-state index contributed by atoms with van der Waals surface area (Å²) in [6, 6.07) is 4.32. The summed E-state index contributed by atoms with van der Waals surface area (Å²) in [5.74, 6) is 6.78. The van der Waals surface area contributed by atoms with Gasteiger partial charge in [-0.15, -0.1) is 0 Å². The second kappa shape index (κ2) is 10.9. The molecular weight excluding hydrogens is 440 g/mol. The van der Waals surface area contributed by atoms with E-state index in [1.165, 1.54) is 10.4 Å². The van der Waals surface area contributed by atoms with Gasteiger partial charge in [-0.3, -0.25) is 4.79 Å². The Hall–Kier alpha value is -2.08. The number of benzene rings is 1. The zero-order valence-electron chi connectivity index (χ0n) is 20.1. The molecule has 1 fully saturated rings. The van der Waals surface area contributed by atoms with Crippen LogP contribution in [-0.2, 0) is 14.8 Å². The van der Waals surface area contributed by atoms with Crippen molar-refractivity contribution in [1.82, 2.24) is 9.21 Å². The van der Waals surface area contributed by atoms with Gasteiger partial charge in [-0.25, -0.2) is 8.42 Å². The van der Waals surface area contributed by atoms with E-state index in [0.717, 1.165) is 25.7 Å². The highest BCUT2D eigenvalue weighted by atomic mass is 32.2. The fraction of sp³-hybridized carbons (Fsp3) is 0.640. The van der Waals surface area contributed by atoms with Crippen molar-refractivity contribution in [2.24, 2.45) is 11.8 Å². The van der Waals surface area contributed by atoms with E-state index < -0.39 is 22.2 Å². The number of hydrogen-bond acceptors (Lipinski definition) is 5. The normalized spacial score (nSPS) is 23.2. The highest BCUT2D eigenvalue weighted by Gasteiger charge is 2.38. The number of sulfonamides is 1. The number of ether oxygens (including phenoxy) is 1. The zero-order valence-corrected chi connectivity index (χ0v) is 20.9. The van der Waals surface area contributed by atoms with Gasteiger partial charge in [-0.1, -0.05) is 25.7 Å². The molecule has 0 spiro atoms. The van der Waals surface area contributed by atoms with Gasteiger partial charge in [0.05, 0.1) is 13.2 Å². The third-order valence-electron chi connectivity index (χ3n) is 6.31. The van der Waals surface area contributed by atoms with Gasteiger partial charge in [0, 0.05) is 44.0 Å². The smallest absolute Gasteiger partial charge is 0.247 e. The number of fused-ring (bicyclic) bond motifs is 1. The molecule has 0 unspecified atom stereocenters. The van der Waals surface area contributed by atoms with E-state index in [4.69, 9.17) is 4.74 Å². The first-order chi connectivity index (χ1) is 15.7. The maximum atomic E-state index is 13.5. The maximum absolute atomic E-state index is 13.5. The zero-order chi connectivity index (χ0) is 24.2. The summed E-state index contributed by atoms with van der Waals surface area (Å²) in [7, 11) is -2.11. The van der Waals surface area contributed by atoms with E-state index in [9.17, 15) is 18.3 Å². The Labute approximate surface area is 198 Å². The van der Waals surface area contributed by atoms with Gasteiger partial charge >= 0.3 is 0 Å². The van der Waals surface area contributed by atoms with Crippen LogP contribution < -0.4 is 4.74 Å². The molecule has 8 heteroatoms. The highest BCUT2D eigenvalue weighted by molar-refractivity contribution is 7.89.